The third kappa shape index (κ3) is 3.38. The van der Waals surface area contributed by atoms with Gasteiger partial charge in [-0.05, 0) is 19.1 Å². The topological polar surface area (TPSA) is 85.8 Å². The SMILES string of the molecule is Cc1ccc(CNC(=O)Cn2cc(CN)nn2)s1. The van der Waals surface area contributed by atoms with Crippen molar-refractivity contribution in [2.75, 3.05) is 0 Å². The third-order valence-electron chi connectivity index (χ3n) is 2.36. The Morgan fingerprint density at radius 1 is 1.56 bits per heavy atom. The van der Waals surface area contributed by atoms with E-state index in [1.807, 2.05) is 19.1 Å². The third-order valence-corrected chi connectivity index (χ3v) is 3.36. The molecule has 0 saturated heterocycles. The smallest absolute Gasteiger partial charge is 0.242 e. The van der Waals surface area contributed by atoms with Crippen LogP contribution in [0.2, 0.25) is 0 Å². The van der Waals surface area contributed by atoms with Crippen LogP contribution in [-0.4, -0.2) is 20.9 Å². The van der Waals surface area contributed by atoms with Gasteiger partial charge in [-0.2, -0.15) is 0 Å². The molecule has 1 amide bonds. The molecule has 0 aliphatic heterocycles. The summed E-state index contributed by atoms with van der Waals surface area (Å²) in [6, 6.07) is 4.05. The Hall–Kier alpha value is -1.73. The number of carbonyl (C=O) groups is 1. The summed E-state index contributed by atoms with van der Waals surface area (Å²) in [6.45, 7) is 3.09. The molecule has 0 bridgehead atoms. The summed E-state index contributed by atoms with van der Waals surface area (Å²) in [5, 5.41) is 10.5. The lowest BCUT2D eigenvalue weighted by atomic mass is 10.4. The van der Waals surface area contributed by atoms with Crippen molar-refractivity contribution in [3.8, 4) is 0 Å². The van der Waals surface area contributed by atoms with Crippen LogP contribution in [0.25, 0.3) is 0 Å². The monoisotopic (exact) mass is 265 g/mol. The lowest BCUT2D eigenvalue weighted by Crippen LogP contribution is -2.27. The predicted octanol–water partition coefficient (Wildman–Crippen LogP) is 0.423. The fourth-order valence-corrected chi connectivity index (χ4v) is 2.31. The minimum absolute atomic E-state index is 0.0884. The molecule has 6 nitrogen and oxygen atoms in total. The van der Waals surface area contributed by atoms with Gasteiger partial charge in [-0.15, -0.1) is 16.4 Å². The molecule has 0 radical (unpaired) electrons. The van der Waals surface area contributed by atoms with E-state index in [0.717, 1.165) is 4.88 Å². The maximum Gasteiger partial charge on any atom is 0.242 e. The number of aromatic nitrogens is 3. The van der Waals surface area contributed by atoms with Crippen LogP contribution in [0.15, 0.2) is 18.3 Å². The van der Waals surface area contributed by atoms with Gasteiger partial charge in [0.1, 0.15) is 6.54 Å². The first-order valence-electron chi connectivity index (χ1n) is 5.58. The summed E-state index contributed by atoms with van der Waals surface area (Å²) in [6.07, 6.45) is 1.68. The van der Waals surface area contributed by atoms with Crippen molar-refractivity contribution in [1.82, 2.24) is 20.3 Å². The van der Waals surface area contributed by atoms with Gasteiger partial charge < -0.3 is 11.1 Å². The van der Waals surface area contributed by atoms with E-state index >= 15 is 0 Å². The molecular weight excluding hydrogens is 250 g/mol. The maximum atomic E-state index is 11.7. The molecule has 7 heteroatoms. The predicted molar refractivity (Wildman–Crippen MR) is 68.8 cm³/mol. The van der Waals surface area contributed by atoms with Gasteiger partial charge in [-0.1, -0.05) is 5.21 Å². The molecule has 96 valence electrons. The number of amides is 1. The van der Waals surface area contributed by atoms with E-state index < -0.39 is 0 Å². The highest BCUT2D eigenvalue weighted by Gasteiger charge is 2.05. The van der Waals surface area contributed by atoms with Gasteiger partial charge in [-0.25, -0.2) is 4.68 Å². The number of nitrogens with one attached hydrogen (secondary N) is 1. The zero-order valence-electron chi connectivity index (χ0n) is 10.1. The molecule has 2 heterocycles. The van der Waals surface area contributed by atoms with E-state index in [4.69, 9.17) is 5.73 Å². The largest absolute Gasteiger partial charge is 0.350 e. The number of carbonyl (C=O) groups excluding carboxylic acids is 1. The zero-order chi connectivity index (χ0) is 13.0. The summed E-state index contributed by atoms with van der Waals surface area (Å²) in [7, 11) is 0. The van der Waals surface area contributed by atoms with Crippen LogP contribution in [-0.2, 0) is 24.4 Å². The quantitative estimate of drug-likeness (QED) is 0.820. The van der Waals surface area contributed by atoms with Crippen LogP contribution in [0.5, 0.6) is 0 Å². The fourth-order valence-electron chi connectivity index (χ4n) is 1.48. The highest BCUT2D eigenvalue weighted by Crippen LogP contribution is 2.14. The van der Waals surface area contributed by atoms with Crippen LogP contribution in [0.1, 0.15) is 15.4 Å². The molecule has 2 aromatic rings. The Balaban J connectivity index is 1.81. The Morgan fingerprint density at radius 3 is 3.00 bits per heavy atom. The summed E-state index contributed by atoms with van der Waals surface area (Å²) in [4.78, 5) is 14.0. The number of thiophene rings is 1. The van der Waals surface area contributed by atoms with Gasteiger partial charge >= 0.3 is 0 Å². The number of nitrogens with two attached hydrogens (primary N) is 1. The van der Waals surface area contributed by atoms with Crippen molar-refractivity contribution in [3.05, 3.63) is 33.8 Å². The molecule has 0 aliphatic carbocycles. The lowest BCUT2D eigenvalue weighted by molar-refractivity contribution is -0.122. The van der Waals surface area contributed by atoms with Crippen molar-refractivity contribution in [2.24, 2.45) is 5.73 Å². The van der Waals surface area contributed by atoms with E-state index in [1.54, 1.807) is 17.5 Å². The normalized spacial score (nSPS) is 10.6. The van der Waals surface area contributed by atoms with Crippen molar-refractivity contribution < 1.29 is 4.79 Å². The zero-order valence-corrected chi connectivity index (χ0v) is 10.9. The minimum atomic E-state index is -0.0884. The van der Waals surface area contributed by atoms with Gasteiger partial charge in [0.05, 0.1) is 18.4 Å². The summed E-state index contributed by atoms with van der Waals surface area (Å²) >= 11 is 1.68. The van der Waals surface area contributed by atoms with Crippen molar-refractivity contribution in [3.63, 3.8) is 0 Å². The number of rotatable bonds is 5. The van der Waals surface area contributed by atoms with Gasteiger partial charge in [0, 0.05) is 16.3 Å². The first-order valence-corrected chi connectivity index (χ1v) is 6.40. The average molecular weight is 265 g/mol. The molecule has 0 unspecified atom stereocenters. The van der Waals surface area contributed by atoms with Gasteiger partial charge in [-0.3, -0.25) is 4.79 Å². The molecule has 2 rings (SSSR count). The second-order valence-electron chi connectivity index (χ2n) is 3.90. The fraction of sp³-hybridized carbons (Fsp3) is 0.364. The highest BCUT2D eigenvalue weighted by atomic mass is 32.1. The highest BCUT2D eigenvalue weighted by molar-refractivity contribution is 7.11. The molecule has 0 atom stereocenters. The van der Waals surface area contributed by atoms with E-state index in [9.17, 15) is 4.79 Å². The second-order valence-corrected chi connectivity index (χ2v) is 5.27. The molecule has 0 saturated carbocycles. The van der Waals surface area contributed by atoms with Crippen molar-refractivity contribution >= 4 is 17.2 Å². The molecular formula is C11H15N5OS. The van der Waals surface area contributed by atoms with Crippen LogP contribution in [0.4, 0.5) is 0 Å². The Kier molecular flexibility index (Phi) is 4.06. The molecule has 0 fully saturated rings. The average Bonchev–Trinajstić information content (AvgIpc) is 2.95. The van der Waals surface area contributed by atoms with Crippen molar-refractivity contribution in [1.29, 1.82) is 0 Å². The van der Waals surface area contributed by atoms with Crippen LogP contribution in [0, 0.1) is 6.92 Å². The van der Waals surface area contributed by atoms with Gasteiger partial charge in [0.2, 0.25) is 5.91 Å². The standard InChI is InChI=1S/C11H15N5OS/c1-8-2-3-10(18-8)5-13-11(17)7-16-6-9(4-12)14-15-16/h2-3,6H,4-5,7,12H2,1H3,(H,13,17). The first-order chi connectivity index (χ1) is 8.67. The van der Waals surface area contributed by atoms with Gasteiger partial charge in [0.25, 0.3) is 0 Å². The Bertz CT molecular complexity index is 533. The van der Waals surface area contributed by atoms with Gasteiger partial charge in [0.15, 0.2) is 0 Å². The van der Waals surface area contributed by atoms with E-state index in [0.29, 0.717) is 18.8 Å². The van der Waals surface area contributed by atoms with E-state index in [-0.39, 0.29) is 12.5 Å². The molecule has 0 spiro atoms. The maximum absolute atomic E-state index is 11.7. The number of aryl methyl sites for hydroxylation is 1. The number of nitrogens with zero attached hydrogens (tertiary/aromatic N) is 3. The van der Waals surface area contributed by atoms with E-state index in [2.05, 4.69) is 15.6 Å². The number of hydrogen-bond donors (Lipinski definition) is 2. The van der Waals surface area contributed by atoms with Crippen LogP contribution < -0.4 is 11.1 Å². The summed E-state index contributed by atoms with van der Waals surface area (Å²) in [5.41, 5.74) is 6.09. The molecule has 18 heavy (non-hydrogen) atoms. The molecule has 3 N–H and O–H groups in total. The minimum Gasteiger partial charge on any atom is -0.350 e. The lowest BCUT2D eigenvalue weighted by Gasteiger charge is -2.02. The van der Waals surface area contributed by atoms with Crippen LogP contribution in [0.3, 0.4) is 0 Å². The van der Waals surface area contributed by atoms with E-state index in [1.165, 1.54) is 9.56 Å². The Morgan fingerprint density at radius 2 is 2.39 bits per heavy atom. The van der Waals surface area contributed by atoms with Crippen molar-refractivity contribution in [2.45, 2.75) is 26.6 Å². The number of hydrogen-bond acceptors (Lipinski definition) is 5. The second kappa shape index (κ2) is 5.74. The molecule has 0 aromatic carbocycles. The first kappa shape index (κ1) is 12.7. The molecule has 0 aliphatic rings. The summed E-state index contributed by atoms with van der Waals surface area (Å²) < 4.78 is 1.48. The van der Waals surface area contributed by atoms with Crippen LogP contribution >= 0.6 is 11.3 Å². The molecule has 2 aromatic heterocycles. The Labute approximate surface area is 109 Å². The summed E-state index contributed by atoms with van der Waals surface area (Å²) in [5.74, 6) is -0.0884.